The Morgan fingerprint density at radius 3 is 3.06 bits per heavy atom. The second kappa shape index (κ2) is 4.55. The highest BCUT2D eigenvalue weighted by Gasteiger charge is 2.11. The third-order valence-corrected chi connectivity index (χ3v) is 4.04. The first-order valence-electron chi connectivity index (χ1n) is 5.40. The smallest absolute Gasteiger partial charge is 0.160 e. The highest BCUT2D eigenvalue weighted by atomic mass is 35.5. The van der Waals surface area contributed by atoms with E-state index in [9.17, 15) is 0 Å². The van der Waals surface area contributed by atoms with Gasteiger partial charge in [-0.3, -0.25) is 5.10 Å². The minimum atomic E-state index is 0.135. The lowest BCUT2D eigenvalue weighted by molar-refractivity contribution is 0.897. The predicted octanol–water partition coefficient (Wildman–Crippen LogP) is 3.24. The Bertz CT molecular complexity index is 677. The maximum atomic E-state index is 5.94. The van der Waals surface area contributed by atoms with E-state index in [0.717, 1.165) is 26.1 Å². The first-order valence-corrected chi connectivity index (χ1v) is 6.59. The van der Waals surface area contributed by atoms with Gasteiger partial charge in [0.15, 0.2) is 5.65 Å². The first kappa shape index (κ1) is 11.4. The van der Waals surface area contributed by atoms with Gasteiger partial charge in [-0.05, 0) is 19.1 Å². The Labute approximate surface area is 112 Å². The molecule has 0 aliphatic carbocycles. The summed E-state index contributed by atoms with van der Waals surface area (Å²) >= 11 is 7.49. The molecule has 0 saturated carbocycles. The van der Waals surface area contributed by atoms with Gasteiger partial charge in [0, 0.05) is 4.88 Å². The van der Waals surface area contributed by atoms with Crippen molar-refractivity contribution in [3.05, 3.63) is 33.9 Å². The van der Waals surface area contributed by atoms with E-state index in [2.05, 4.69) is 32.4 Å². The van der Waals surface area contributed by atoms with Crippen molar-refractivity contribution in [2.24, 2.45) is 0 Å². The fourth-order valence-electron chi connectivity index (χ4n) is 1.72. The molecule has 92 valence electrons. The van der Waals surface area contributed by atoms with Gasteiger partial charge >= 0.3 is 0 Å². The van der Waals surface area contributed by atoms with Gasteiger partial charge in [0.05, 0.1) is 22.0 Å². The number of thiophene rings is 1. The average Bonchev–Trinajstić information content (AvgIpc) is 2.97. The van der Waals surface area contributed by atoms with Crippen molar-refractivity contribution in [3.63, 3.8) is 0 Å². The molecular weight excluding hydrogens is 270 g/mol. The molecule has 3 aromatic rings. The lowest BCUT2D eigenvalue weighted by Crippen LogP contribution is -2.06. The topological polar surface area (TPSA) is 66.5 Å². The molecule has 18 heavy (non-hydrogen) atoms. The summed E-state index contributed by atoms with van der Waals surface area (Å²) in [4.78, 5) is 9.50. The lowest BCUT2D eigenvalue weighted by atomic mass is 10.2. The zero-order valence-corrected chi connectivity index (χ0v) is 11.1. The Kier molecular flexibility index (Phi) is 2.89. The summed E-state index contributed by atoms with van der Waals surface area (Å²) in [5.74, 6) is 0.769. The van der Waals surface area contributed by atoms with E-state index >= 15 is 0 Å². The molecule has 5 nitrogen and oxygen atoms in total. The van der Waals surface area contributed by atoms with Crippen LogP contribution >= 0.6 is 22.9 Å². The van der Waals surface area contributed by atoms with Gasteiger partial charge < -0.3 is 5.32 Å². The van der Waals surface area contributed by atoms with E-state index in [0.29, 0.717) is 0 Å². The molecule has 7 heteroatoms. The van der Waals surface area contributed by atoms with Crippen molar-refractivity contribution < 1.29 is 0 Å². The highest BCUT2D eigenvalue weighted by Crippen LogP contribution is 2.29. The maximum absolute atomic E-state index is 5.94. The Balaban J connectivity index is 1.90. The molecule has 3 rings (SSSR count). The van der Waals surface area contributed by atoms with Crippen LogP contribution in [0.3, 0.4) is 0 Å². The SMILES string of the molecule is CC(Nc1ncnc2[nH]ncc12)c1ccc(Cl)s1. The van der Waals surface area contributed by atoms with Crippen LogP contribution in [0.4, 0.5) is 5.82 Å². The van der Waals surface area contributed by atoms with Crippen LogP contribution in [0.5, 0.6) is 0 Å². The molecule has 0 fully saturated rings. The number of nitrogens with zero attached hydrogens (tertiary/aromatic N) is 3. The van der Waals surface area contributed by atoms with Gasteiger partial charge in [-0.25, -0.2) is 9.97 Å². The third-order valence-electron chi connectivity index (χ3n) is 2.62. The largest absolute Gasteiger partial charge is 0.362 e. The zero-order valence-electron chi connectivity index (χ0n) is 9.51. The molecule has 0 radical (unpaired) electrons. The van der Waals surface area contributed by atoms with Crippen LogP contribution in [0.25, 0.3) is 11.0 Å². The fraction of sp³-hybridized carbons (Fsp3) is 0.182. The van der Waals surface area contributed by atoms with Gasteiger partial charge in [-0.15, -0.1) is 11.3 Å². The van der Waals surface area contributed by atoms with E-state index in [1.54, 1.807) is 17.5 Å². The summed E-state index contributed by atoms with van der Waals surface area (Å²) < 4.78 is 0.787. The van der Waals surface area contributed by atoms with Crippen LogP contribution in [0.1, 0.15) is 17.8 Å². The van der Waals surface area contributed by atoms with Gasteiger partial charge in [0.2, 0.25) is 0 Å². The molecule has 0 bridgehead atoms. The number of aromatic nitrogens is 4. The number of aromatic amines is 1. The number of rotatable bonds is 3. The van der Waals surface area contributed by atoms with E-state index < -0.39 is 0 Å². The second-order valence-corrected chi connectivity index (χ2v) is 5.61. The maximum Gasteiger partial charge on any atom is 0.160 e. The summed E-state index contributed by atoms with van der Waals surface area (Å²) in [6.07, 6.45) is 3.22. The molecule has 0 spiro atoms. The number of fused-ring (bicyclic) bond motifs is 1. The lowest BCUT2D eigenvalue weighted by Gasteiger charge is -2.12. The Morgan fingerprint density at radius 1 is 1.39 bits per heavy atom. The van der Waals surface area contributed by atoms with Gasteiger partial charge in [-0.2, -0.15) is 5.10 Å². The number of halogens is 1. The van der Waals surface area contributed by atoms with Gasteiger partial charge in [0.1, 0.15) is 12.1 Å². The predicted molar refractivity (Wildman–Crippen MR) is 73.1 cm³/mol. The molecule has 3 aromatic heterocycles. The number of hydrogen-bond acceptors (Lipinski definition) is 5. The van der Waals surface area contributed by atoms with Gasteiger partial charge in [0.25, 0.3) is 0 Å². The summed E-state index contributed by atoms with van der Waals surface area (Å²) in [5.41, 5.74) is 0.726. The minimum absolute atomic E-state index is 0.135. The molecular formula is C11H10ClN5S. The minimum Gasteiger partial charge on any atom is -0.362 e. The van der Waals surface area contributed by atoms with Crippen LogP contribution in [-0.4, -0.2) is 20.2 Å². The standard InChI is InChI=1S/C11H10ClN5S/c1-6(8-2-3-9(12)18-8)16-10-7-4-15-17-11(7)14-5-13-10/h2-6H,1H3,(H2,13,14,15,16,17). The summed E-state index contributed by atoms with van der Waals surface area (Å²) in [5, 5.41) is 11.0. The van der Waals surface area contributed by atoms with Crippen LogP contribution in [0.2, 0.25) is 4.34 Å². The molecule has 2 N–H and O–H groups in total. The summed E-state index contributed by atoms with van der Waals surface area (Å²) in [7, 11) is 0. The van der Waals surface area contributed by atoms with Crippen LogP contribution < -0.4 is 5.32 Å². The monoisotopic (exact) mass is 279 g/mol. The summed E-state index contributed by atoms with van der Waals surface area (Å²) in [6, 6.07) is 4.04. The van der Waals surface area contributed by atoms with Crippen molar-refractivity contribution in [2.45, 2.75) is 13.0 Å². The average molecular weight is 280 g/mol. The molecule has 0 aliphatic heterocycles. The van der Waals surface area contributed by atoms with Crippen molar-refractivity contribution in [1.82, 2.24) is 20.2 Å². The van der Waals surface area contributed by atoms with Gasteiger partial charge in [-0.1, -0.05) is 11.6 Å². The van der Waals surface area contributed by atoms with Crippen molar-refractivity contribution in [2.75, 3.05) is 5.32 Å². The molecule has 1 unspecified atom stereocenters. The van der Waals surface area contributed by atoms with Crippen molar-refractivity contribution in [3.8, 4) is 0 Å². The normalized spacial score (nSPS) is 12.8. The quantitative estimate of drug-likeness (QED) is 0.772. The fourth-order valence-corrected chi connectivity index (χ4v) is 2.78. The van der Waals surface area contributed by atoms with Crippen LogP contribution in [0.15, 0.2) is 24.7 Å². The molecule has 0 amide bonds. The first-order chi connectivity index (χ1) is 8.74. The zero-order chi connectivity index (χ0) is 12.5. The van der Waals surface area contributed by atoms with Crippen molar-refractivity contribution >= 4 is 39.8 Å². The second-order valence-electron chi connectivity index (χ2n) is 3.86. The number of nitrogens with one attached hydrogen (secondary N) is 2. The molecule has 0 aromatic carbocycles. The summed E-state index contributed by atoms with van der Waals surface area (Å²) in [6.45, 7) is 2.07. The Morgan fingerprint density at radius 2 is 2.28 bits per heavy atom. The molecule has 1 atom stereocenters. The molecule has 3 heterocycles. The molecule has 0 saturated heterocycles. The van der Waals surface area contributed by atoms with Crippen LogP contribution in [-0.2, 0) is 0 Å². The van der Waals surface area contributed by atoms with Crippen LogP contribution in [0, 0.1) is 0 Å². The third kappa shape index (κ3) is 2.04. The van der Waals surface area contributed by atoms with E-state index in [1.165, 1.54) is 6.33 Å². The molecule has 0 aliphatic rings. The number of anilines is 1. The Hall–Kier alpha value is -1.66. The highest BCUT2D eigenvalue weighted by molar-refractivity contribution is 7.16. The van der Waals surface area contributed by atoms with E-state index in [1.807, 2.05) is 12.1 Å². The number of hydrogen-bond donors (Lipinski definition) is 2. The number of H-pyrrole nitrogens is 1. The van der Waals surface area contributed by atoms with E-state index in [4.69, 9.17) is 11.6 Å². The van der Waals surface area contributed by atoms with E-state index in [-0.39, 0.29) is 6.04 Å². The van der Waals surface area contributed by atoms with Crippen molar-refractivity contribution in [1.29, 1.82) is 0 Å².